The predicted molar refractivity (Wildman–Crippen MR) is 87.7 cm³/mol. The van der Waals surface area contributed by atoms with Crippen molar-refractivity contribution in [1.29, 1.82) is 0 Å². The van der Waals surface area contributed by atoms with E-state index in [0.717, 1.165) is 25.0 Å². The average molecular weight is 322 g/mol. The standard InChI is InChI=1S/C16H22N2O3S/c17-16(20)18-9-4-7-14(18)11-21-15(19)12-22-10-8-13-5-2-1-3-6-13/h1-3,5-6,14H,4,7-12H2,(H2,17,20)/t14-/m1/s1. The summed E-state index contributed by atoms with van der Waals surface area (Å²) in [6, 6.07) is 9.69. The molecule has 1 aliphatic heterocycles. The zero-order chi connectivity index (χ0) is 15.8. The van der Waals surface area contributed by atoms with Gasteiger partial charge in [-0.2, -0.15) is 0 Å². The fourth-order valence-electron chi connectivity index (χ4n) is 2.52. The number of urea groups is 1. The van der Waals surface area contributed by atoms with E-state index in [2.05, 4.69) is 12.1 Å². The molecule has 120 valence electrons. The van der Waals surface area contributed by atoms with Gasteiger partial charge in [-0.1, -0.05) is 30.3 Å². The van der Waals surface area contributed by atoms with Gasteiger partial charge in [-0.25, -0.2) is 4.79 Å². The third-order valence-corrected chi connectivity index (χ3v) is 4.63. The molecule has 1 fully saturated rings. The van der Waals surface area contributed by atoms with Gasteiger partial charge in [0, 0.05) is 6.54 Å². The van der Waals surface area contributed by atoms with Crippen LogP contribution < -0.4 is 5.73 Å². The molecule has 0 unspecified atom stereocenters. The number of aryl methyl sites for hydroxylation is 1. The van der Waals surface area contributed by atoms with E-state index < -0.39 is 6.03 Å². The minimum absolute atomic E-state index is 0.0595. The molecule has 1 saturated heterocycles. The molecule has 5 nitrogen and oxygen atoms in total. The number of rotatable bonds is 7. The fourth-order valence-corrected chi connectivity index (χ4v) is 3.29. The second kappa shape index (κ2) is 8.68. The molecule has 0 aromatic heterocycles. The Morgan fingerprint density at radius 1 is 1.32 bits per heavy atom. The highest BCUT2D eigenvalue weighted by Crippen LogP contribution is 2.17. The summed E-state index contributed by atoms with van der Waals surface area (Å²) in [5.74, 6) is 1.00. The van der Waals surface area contributed by atoms with E-state index >= 15 is 0 Å². The minimum atomic E-state index is -0.434. The third kappa shape index (κ3) is 5.26. The zero-order valence-electron chi connectivity index (χ0n) is 12.6. The number of ether oxygens (including phenoxy) is 1. The van der Waals surface area contributed by atoms with Crippen LogP contribution in [0.3, 0.4) is 0 Å². The van der Waals surface area contributed by atoms with Crippen LogP contribution in [0.1, 0.15) is 18.4 Å². The second-order valence-electron chi connectivity index (χ2n) is 5.30. The summed E-state index contributed by atoms with van der Waals surface area (Å²) >= 11 is 1.57. The molecule has 2 rings (SSSR count). The van der Waals surface area contributed by atoms with Gasteiger partial charge in [-0.15, -0.1) is 11.8 Å². The normalized spacial score (nSPS) is 17.5. The van der Waals surface area contributed by atoms with Crippen LogP contribution in [-0.4, -0.2) is 47.6 Å². The van der Waals surface area contributed by atoms with Gasteiger partial charge in [0.15, 0.2) is 0 Å². The van der Waals surface area contributed by atoms with Crippen molar-refractivity contribution in [3.8, 4) is 0 Å². The van der Waals surface area contributed by atoms with Crippen LogP contribution in [0.25, 0.3) is 0 Å². The second-order valence-corrected chi connectivity index (χ2v) is 6.40. The number of primary amides is 1. The highest BCUT2D eigenvalue weighted by Gasteiger charge is 2.28. The predicted octanol–water partition coefficient (Wildman–Crippen LogP) is 2.05. The summed E-state index contributed by atoms with van der Waals surface area (Å²) in [7, 11) is 0. The number of amides is 2. The molecule has 2 N–H and O–H groups in total. The van der Waals surface area contributed by atoms with Gasteiger partial charge in [0.05, 0.1) is 11.8 Å². The summed E-state index contributed by atoms with van der Waals surface area (Å²) < 4.78 is 5.25. The van der Waals surface area contributed by atoms with Crippen molar-refractivity contribution >= 4 is 23.8 Å². The Kier molecular flexibility index (Phi) is 6.58. The van der Waals surface area contributed by atoms with Gasteiger partial charge in [0.1, 0.15) is 6.61 Å². The van der Waals surface area contributed by atoms with Crippen LogP contribution in [0.5, 0.6) is 0 Å². The Balaban J connectivity index is 1.59. The number of esters is 1. The first-order chi connectivity index (χ1) is 10.7. The van der Waals surface area contributed by atoms with Crippen LogP contribution in [0, 0.1) is 0 Å². The topological polar surface area (TPSA) is 72.6 Å². The van der Waals surface area contributed by atoms with Gasteiger partial charge in [-0.05, 0) is 30.6 Å². The average Bonchev–Trinajstić information content (AvgIpc) is 2.99. The molecule has 1 atom stereocenters. The Labute approximate surface area is 135 Å². The van der Waals surface area contributed by atoms with E-state index in [4.69, 9.17) is 10.5 Å². The molecular weight excluding hydrogens is 300 g/mol. The number of nitrogens with zero attached hydrogens (tertiary/aromatic N) is 1. The molecule has 0 radical (unpaired) electrons. The van der Waals surface area contributed by atoms with E-state index in [1.54, 1.807) is 16.7 Å². The number of hydrogen-bond acceptors (Lipinski definition) is 4. The summed E-state index contributed by atoms with van der Waals surface area (Å²) in [4.78, 5) is 24.5. The van der Waals surface area contributed by atoms with E-state index in [0.29, 0.717) is 12.3 Å². The van der Waals surface area contributed by atoms with Gasteiger partial charge >= 0.3 is 12.0 Å². The number of nitrogens with two attached hydrogens (primary N) is 1. The number of likely N-dealkylation sites (tertiary alicyclic amines) is 1. The molecule has 2 amide bonds. The molecule has 0 bridgehead atoms. The molecule has 6 heteroatoms. The van der Waals surface area contributed by atoms with E-state index in [1.807, 2.05) is 18.2 Å². The lowest BCUT2D eigenvalue weighted by Gasteiger charge is -2.22. The van der Waals surface area contributed by atoms with Crippen molar-refractivity contribution in [2.75, 3.05) is 24.7 Å². The molecular formula is C16H22N2O3S. The lowest BCUT2D eigenvalue weighted by atomic mass is 10.2. The first-order valence-electron chi connectivity index (χ1n) is 7.50. The summed E-state index contributed by atoms with van der Waals surface area (Å²) in [5.41, 5.74) is 6.56. The lowest BCUT2D eigenvalue weighted by molar-refractivity contribution is -0.141. The molecule has 1 aliphatic rings. The number of carbonyl (C=O) groups is 2. The van der Waals surface area contributed by atoms with E-state index in [-0.39, 0.29) is 18.6 Å². The maximum Gasteiger partial charge on any atom is 0.315 e. The number of carbonyl (C=O) groups excluding carboxylic acids is 2. The Morgan fingerprint density at radius 2 is 2.09 bits per heavy atom. The molecule has 1 aromatic rings. The summed E-state index contributed by atoms with van der Waals surface area (Å²) in [5, 5.41) is 0. The van der Waals surface area contributed by atoms with E-state index in [9.17, 15) is 9.59 Å². The first-order valence-corrected chi connectivity index (χ1v) is 8.65. The maximum atomic E-state index is 11.7. The van der Waals surface area contributed by atoms with Crippen molar-refractivity contribution in [1.82, 2.24) is 4.90 Å². The quantitative estimate of drug-likeness (QED) is 0.616. The number of benzene rings is 1. The molecule has 1 heterocycles. The van der Waals surface area contributed by atoms with Crippen LogP contribution in [0.15, 0.2) is 30.3 Å². The van der Waals surface area contributed by atoms with Crippen molar-refractivity contribution in [3.05, 3.63) is 35.9 Å². The van der Waals surface area contributed by atoms with Crippen LogP contribution in [0.2, 0.25) is 0 Å². The lowest BCUT2D eigenvalue weighted by Crippen LogP contribution is -2.42. The SMILES string of the molecule is NC(=O)N1CCC[C@@H]1COC(=O)CSCCc1ccccc1. The summed E-state index contributed by atoms with van der Waals surface area (Å²) in [6.07, 6.45) is 2.70. The first kappa shape index (κ1) is 16.7. The van der Waals surface area contributed by atoms with Gasteiger partial charge in [0.25, 0.3) is 0 Å². The zero-order valence-corrected chi connectivity index (χ0v) is 13.4. The Morgan fingerprint density at radius 3 is 2.82 bits per heavy atom. The van der Waals surface area contributed by atoms with Crippen molar-refractivity contribution < 1.29 is 14.3 Å². The highest BCUT2D eigenvalue weighted by atomic mass is 32.2. The molecule has 0 spiro atoms. The van der Waals surface area contributed by atoms with Gasteiger partial charge in [-0.3, -0.25) is 4.79 Å². The van der Waals surface area contributed by atoms with Crippen molar-refractivity contribution in [2.45, 2.75) is 25.3 Å². The minimum Gasteiger partial charge on any atom is -0.463 e. The Hall–Kier alpha value is -1.69. The monoisotopic (exact) mass is 322 g/mol. The largest absolute Gasteiger partial charge is 0.463 e. The van der Waals surface area contributed by atoms with Crippen molar-refractivity contribution in [2.24, 2.45) is 5.73 Å². The van der Waals surface area contributed by atoms with Gasteiger partial charge < -0.3 is 15.4 Å². The molecule has 0 aliphatic carbocycles. The fraction of sp³-hybridized carbons (Fsp3) is 0.500. The van der Waals surface area contributed by atoms with Crippen LogP contribution in [-0.2, 0) is 16.0 Å². The molecule has 1 aromatic carbocycles. The smallest absolute Gasteiger partial charge is 0.315 e. The molecule has 0 saturated carbocycles. The Bertz CT molecular complexity index is 495. The number of hydrogen-bond donors (Lipinski definition) is 1. The highest BCUT2D eigenvalue weighted by molar-refractivity contribution is 7.99. The van der Waals surface area contributed by atoms with Crippen molar-refractivity contribution in [3.63, 3.8) is 0 Å². The van der Waals surface area contributed by atoms with Crippen LogP contribution in [0.4, 0.5) is 4.79 Å². The van der Waals surface area contributed by atoms with Gasteiger partial charge in [0.2, 0.25) is 0 Å². The van der Waals surface area contributed by atoms with E-state index in [1.165, 1.54) is 5.56 Å². The van der Waals surface area contributed by atoms with Crippen LogP contribution >= 0.6 is 11.8 Å². The third-order valence-electron chi connectivity index (χ3n) is 3.69. The maximum absolute atomic E-state index is 11.7. The molecule has 22 heavy (non-hydrogen) atoms. The summed E-state index contributed by atoms with van der Waals surface area (Å²) in [6.45, 7) is 0.907. The number of thioether (sulfide) groups is 1.